The summed E-state index contributed by atoms with van der Waals surface area (Å²) in [6.45, 7) is 3.25. The second kappa shape index (κ2) is 5.69. The van der Waals surface area contributed by atoms with Gasteiger partial charge in [0.05, 0.1) is 12.1 Å². The van der Waals surface area contributed by atoms with Crippen LogP contribution in [0.2, 0.25) is 0 Å². The predicted octanol–water partition coefficient (Wildman–Crippen LogP) is 1.42. The van der Waals surface area contributed by atoms with E-state index in [0.717, 1.165) is 30.1 Å². The van der Waals surface area contributed by atoms with E-state index < -0.39 is 0 Å². The molecule has 8 heteroatoms. The Bertz CT molecular complexity index is 805. The Kier molecular flexibility index (Phi) is 3.53. The summed E-state index contributed by atoms with van der Waals surface area (Å²) in [6, 6.07) is 5.85. The predicted molar refractivity (Wildman–Crippen MR) is 81.6 cm³/mol. The van der Waals surface area contributed by atoms with Crippen LogP contribution in [0.1, 0.15) is 37.8 Å². The van der Waals surface area contributed by atoms with Crippen LogP contribution in [0, 0.1) is 0 Å². The van der Waals surface area contributed by atoms with Crippen LogP contribution >= 0.6 is 0 Å². The molecule has 3 aromatic rings. The fourth-order valence-electron chi connectivity index (χ4n) is 2.83. The highest BCUT2D eigenvalue weighted by Crippen LogP contribution is 2.35. The first-order chi connectivity index (χ1) is 11.2. The molecule has 0 bridgehead atoms. The topological polar surface area (TPSA) is 83.0 Å². The van der Waals surface area contributed by atoms with E-state index >= 15 is 0 Å². The summed E-state index contributed by atoms with van der Waals surface area (Å²) >= 11 is 0. The fraction of sp³-hybridized carbons (Fsp3) is 0.533. The Labute approximate surface area is 133 Å². The van der Waals surface area contributed by atoms with Gasteiger partial charge < -0.3 is 4.74 Å². The van der Waals surface area contributed by atoms with Crippen LogP contribution in [0.5, 0.6) is 0 Å². The van der Waals surface area contributed by atoms with E-state index in [-0.39, 0.29) is 5.60 Å². The minimum absolute atomic E-state index is 0.0000122. The lowest BCUT2D eigenvalue weighted by Gasteiger charge is -2.37. The molecule has 0 amide bonds. The molecular weight excluding hydrogens is 294 g/mol. The molecule has 1 aliphatic carbocycles. The molecule has 0 aromatic carbocycles. The van der Waals surface area contributed by atoms with Crippen LogP contribution in [-0.4, -0.2) is 40.4 Å². The van der Waals surface area contributed by atoms with Crippen molar-refractivity contribution in [3.8, 4) is 0 Å². The lowest BCUT2D eigenvalue weighted by molar-refractivity contribution is -0.0981. The van der Waals surface area contributed by atoms with Gasteiger partial charge in [-0.25, -0.2) is 4.68 Å². The Morgan fingerprint density at radius 3 is 2.91 bits per heavy atom. The first-order valence-corrected chi connectivity index (χ1v) is 7.91. The van der Waals surface area contributed by atoms with E-state index in [2.05, 4.69) is 32.6 Å². The number of tetrazole rings is 1. The van der Waals surface area contributed by atoms with Crippen molar-refractivity contribution in [3.63, 3.8) is 0 Å². The smallest absolute Gasteiger partial charge is 0.177 e. The molecule has 120 valence electrons. The molecule has 3 aromatic heterocycles. The zero-order valence-electron chi connectivity index (χ0n) is 13.1. The van der Waals surface area contributed by atoms with Crippen LogP contribution in [0.15, 0.2) is 24.4 Å². The fourth-order valence-corrected chi connectivity index (χ4v) is 2.83. The van der Waals surface area contributed by atoms with Crippen molar-refractivity contribution in [2.45, 2.75) is 51.4 Å². The average Bonchev–Trinajstić information content (AvgIpc) is 3.15. The van der Waals surface area contributed by atoms with Crippen LogP contribution in [-0.2, 0) is 24.3 Å². The number of pyridine rings is 1. The van der Waals surface area contributed by atoms with Crippen molar-refractivity contribution >= 4 is 5.65 Å². The zero-order valence-corrected chi connectivity index (χ0v) is 13.1. The first kappa shape index (κ1) is 14.3. The lowest BCUT2D eigenvalue weighted by Crippen LogP contribution is -2.36. The minimum atomic E-state index is -0.0000122. The van der Waals surface area contributed by atoms with Crippen LogP contribution < -0.4 is 0 Å². The van der Waals surface area contributed by atoms with Gasteiger partial charge in [0, 0.05) is 12.6 Å². The summed E-state index contributed by atoms with van der Waals surface area (Å²) in [5, 5.41) is 20.3. The number of aryl methyl sites for hydroxylation is 2. The van der Waals surface area contributed by atoms with E-state index in [0.29, 0.717) is 19.6 Å². The van der Waals surface area contributed by atoms with Crippen molar-refractivity contribution in [1.29, 1.82) is 0 Å². The molecule has 23 heavy (non-hydrogen) atoms. The molecule has 4 rings (SSSR count). The monoisotopic (exact) mass is 313 g/mol. The highest BCUT2D eigenvalue weighted by molar-refractivity contribution is 5.36. The third kappa shape index (κ3) is 2.81. The van der Waals surface area contributed by atoms with Gasteiger partial charge in [-0.3, -0.25) is 4.40 Å². The van der Waals surface area contributed by atoms with Gasteiger partial charge in [0.1, 0.15) is 12.4 Å². The van der Waals surface area contributed by atoms with Gasteiger partial charge in [-0.1, -0.05) is 6.07 Å². The SMILES string of the molecule is CC1(OCc2nnnn2CCc2nnc3ccccn23)CCC1. The number of hydrogen-bond acceptors (Lipinski definition) is 6. The maximum absolute atomic E-state index is 5.96. The molecule has 1 fully saturated rings. The number of hydrogen-bond donors (Lipinski definition) is 0. The zero-order chi connectivity index (χ0) is 15.7. The molecule has 1 saturated carbocycles. The molecule has 3 heterocycles. The van der Waals surface area contributed by atoms with Crippen LogP contribution in [0.3, 0.4) is 0 Å². The van der Waals surface area contributed by atoms with E-state index in [9.17, 15) is 0 Å². The van der Waals surface area contributed by atoms with Crippen molar-refractivity contribution in [3.05, 3.63) is 36.0 Å². The van der Waals surface area contributed by atoms with Gasteiger partial charge in [0.15, 0.2) is 11.5 Å². The first-order valence-electron chi connectivity index (χ1n) is 7.91. The van der Waals surface area contributed by atoms with Gasteiger partial charge in [0.25, 0.3) is 0 Å². The number of nitrogens with zero attached hydrogens (tertiary/aromatic N) is 7. The van der Waals surface area contributed by atoms with Crippen molar-refractivity contribution in [2.24, 2.45) is 0 Å². The Balaban J connectivity index is 1.42. The number of ether oxygens (including phenoxy) is 1. The molecule has 0 aliphatic heterocycles. The highest BCUT2D eigenvalue weighted by atomic mass is 16.5. The Morgan fingerprint density at radius 2 is 2.09 bits per heavy atom. The maximum Gasteiger partial charge on any atom is 0.177 e. The summed E-state index contributed by atoms with van der Waals surface area (Å²) in [6.07, 6.45) is 6.13. The summed E-state index contributed by atoms with van der Waals surface area (Å²) in [5.74, 6) is 1.65. The van der Waals surface area contributed by atoms with E-state index in [1.165, 1.54) is 6.42 Å². The van der Waals surface area contributed by atoms with E-state index in [1.54, 1.807) is 4.68 Å². The van der Waals surface area contributed by atoms with Crippen molar-refractivity contribution in [1.82, 2.24) is 34.8 Å². The normalized spacial score (nSPS) is 16.6. The van der Waals surface area contributed by atoms with E-state index in [4.69, 9.17) is 4.74 Å². The highest BCUT2D eigenvalue weighted by Gasteiger charge is 2.33. The third-order valence-corrected chi connectivity index (χ3v) is 4.50. The average molecular weight is 313 g/mol. The van der Waals surface area contributed by atoms with Crippen LogP contribution in [0.4, 0.5) is 0 Å². The van der Waals surface area contributed by atoms with Crippen molar-refractivity contribution < 1.29 is 4.74 Å². The lowest BCUT2D eigenvalue weighted by atomic mass is 9.82. The van der Waals surface area contributed by atoms with Crippen LogP contribution in [0.25, 0.3) is 5.65 Å². The number of aromatic nitrogens is 7. The standard InChI is InChI=1S/C15H19N7O/c1-15(7-4-8-15)23-11-14-18-19-20-22(14)10-6-13-17-16-12-5-2-3-9-21(12)13/h2-3,5,9H,4,6-8,10-11H2,1H3. The van der Waals surface area contributed by atoms with Gasteiger partial charge in [-0.05, 0) is 48.7 Å². The summed E-state index contributed by atoms with van der Waals surface area (Å²) in [5.41, 5.74) is 0.848. The molecule has 0 unspecified atom stereocenters. The summed E-state index contributed by atoms with van der Waals surface area (Å²) in [4.78, 5) is 0. The maximum atomic E-state index is 5.96. The largest absolute Gasteiger partial charge is 0.367 e. The quantitative estimate of drug-likeness (QED) is 0.684. The second-order valence-electron chi connectivity index (χ2n) is 6.21. The Hall–Kier alpha value is -2.35. The van der Waals surface area contributed by atoms with Gasteiger partial charge in [-0.2, -0.15) is 0 Å². The van der Waals surface area contributed by atoms with E-state index in [1.807, 2.05) is 28.8 Å². The van der Waals surface area contributed by atoms with Gasteiger partial charge in [-0.15, -0.1) is 15.3 Å². The minimum Gasteiger partial charge on any atom is -0.367 e. The number of fused-ring (bicyclic) bond motifs is 1. The van der Waals surface area contributed by atoms with Gasteiger partial charge in [0.2, 0.25) is 0 Å². The number of rotatable bonds is 6. The summed E-state index contributed by atoms with van der Waals surface area (Å²) in [7, 11) is 0. The third-order valence-electron chi connectivity index (χ3n) is 4.50. The summed E-state index contributed by atoms with van der Waals surface area (Å²) < 4.78 is 9.73. The molecule has 0 atom stereocenters. The molecule has 0 saturated heterocycles. The molecular formula is C15H19N7O. The Morgan fingerprint density at radius 1 is 1.17 bits per heavy atom. The molecule has 8 nitrogen and oxygen atoms in total. The molecule has 0 N–H and O–H groups in total. The van der Waals surface area contributed by atoms with Gasteiger partial charge >= 0.3 is 0 Å². The molecule has 1 aliphatic rings. The molecule has 0 spiro atoms. The van der Waals surface area contributed by atoms with Crippen molar-refractivity contribution in [2.75, 3.05) is 0 Å². The second-order valence-corrected chi connectivity index (χ2v) is 6.21. The molecule has 0 radical (unpaired) electrons.